The van der Waals surface area contributed by atoms with Crippen LogP contribution in [0.5, 0.6) is 5.75 Å². The summed E-state index contributed by atoms with van der Waals surface area (Å²) in [6.07, 6.45) is 3.24. The molecule has 162 valence electrons. The second kappa shape index (κ2) is 8.91. The van der Waals surface area contributed by atoms with E-state index < -0.39 is 10.0 Å². The summed E-state index contributed by atoms with van der Waals surface area (Å²) >= 11 is 0. The summed E-state index contributed by atoms with van der Waals surface area (Å²) < 4.78 is 33.1. The zero-order chi connectivity index (χ0) is 21.8. The Labute approximate surface area is 181 Å². The van der Waals surface area contributed by atoms with Crippen molar-refractivity contribution in [2.24, 2.45) is 0 Å². The second-order valence-corrected chi connectivity index (χ2v) is 9.16. The molecule has 2 aromatic carbocycles. The number of sulfonamides is 1. The Morgan fingerprint density at radius 2 is 1.87 bits per heavy atom. The van der Waals surface area contributed by atoms with Gasteiger partial charge in [-0.25, -0.2) is 13.2 Å². The van der Waals surface area contributed by atoms with Crippen LogP contribution in [-0.2, 0) is 16.6 Å². The van der Waals surface area contributed by atoms with E-state index in [0.717, 1.165) is 16.7 Å². The number of aromatic nitrogens is 1. The number of rotatable bonds is 5. The molecule has 0 saturated carbocycles. The third-order valence-electron chi connectivity index (χ3n) is 5.36. The first-order valence-corrected chi connectivity index (χ1v) is 11.4. The van der Waals surface area contributed by atoms with Gasteiger partial charge in [0, 0.05) is 55.9 Å². The quantitative estimate of drug-likeness (QED) is 0.658. The Bertz CT molecular complexity index is 1190. The lowest BCUT2D eigenvalue weighted by Crippen LogP contribution is -2.52. The van der Waals surface area contributed by atoms with E-state index in [4.69, 9.17) is 4.74 Å². The number of amides is 2. The topological polar surface area (TPSA) is 91.8 Å². The maximum Gasteiger partial charge on any atom is 0.317 e. The summed E-state index contributed by atoms with van der Waals surface area (Å²) in [5.74, 6) is 0.731. The van der Waals surface area contributed by atoms with Crippen LogP contribution in [0.4, 0.5) is 4.79 Å². The fourth-order valence-electron chi connectivity index (χ4n) is 3.66. The summed E-state index contributed by atoms with van der Waals surface area (Å²) in [6.45, 7) is 1.52. The number of fused-ring (bicyclic) bond motifs is 1. The van der Waals surface area contributed by atoms with Crippen molar-refractivity contribution in [3.63, 3.8) is 0 Å². The summed E-state index contributed by atoms with van der Waals surface area (Å²) in [7, 11) is -2.07. The SMILES string of the molecule is COc1cccc(CNC(=O)N2CCN(S(=O)(=O)c3cccc4cnccc34)CC2)c1. The Morgan fingerprint density at radius 3 is 2.65 bits per heavy atom. The molecular weight excluding hydrogens is 416 g/mol. The van der Waals surface area contributed by atoms with Crippen LogP contribution in [0.25, 0.3) is 10.8 Å². The monoisotopic (exact) mass is 440 g/mol. The molecule has 0 bridgehead atoms. The van der Waals surface area contributed by atoms with Crippen LogP contribution in [0.3, 0.4) is 0 Å². The minimum atomic E-state index is -3.67. The molecule has 1 fully saturated rings. The lowest BCUT2D eigenvalue weighted by Gasteiger charge is -2.34. The number of carbonyl (C=O) groups excluding carboxylic acids is 1. The van der Waals surface area contributed by atoms with Crippen LogP contribution in [0.2, 0.25) is 0 Å². The van der Waals surface area contributed by atoms with Crippen LogP contribution in [0.15, 0.2) is 65.8 Å². The summed E-state index contributed by atoms with van der Waals surface area (Å²) in [5, 5.41) is 4.31. The van der Waals surface area contributed by atoms with E-state index in [2.05, 4.69) is 10.3 Å². The molecule has 1 aliphatic rings. The highest BCUT2D eigenvalue weighted by atomic mass is 32.2. The van der Waals surface area contributed by atoms with Gasteiger partial charge in [-0.3, -0.25) is 4.98 Å². The van der Waals surface area contributed by atoms with Crippen LogP contribution < -0.4 is 10.1 Å². The molecule has 9 heteroatoms. The minimum Gasteiger partial charge on any atom is -0.497 e. The van der Waals surface area contributed by atoms with Gasteiger partial charge in [0.2, 0.25) is 10.0 Å². The van der Waals surface area contributed by atoms with Crippen molar-refractivity contribution in [1.82, 2.24) is 19.5 Å². The van der Waals surface area contributed by atoms with E-state index in [0.29, 0.717) is 25.0 Å². The smallest absolute Gasteiger partial charge is 0.317 e. The van der Waals surface area contributed by atoms with Gasteiger partial charge in [0.25, 0.3) is 0 Å². The number of nitrogens with zero attached hydrogens (tertiary/aromatic N) is 3. The number of methoxy groups -OCH3 is 1. The Kier molecular flexibility index (Phi) is 6.06. The maximum atomic E-state index is 13.2. The average molecular weight is 441 g/mol. The fourth-order valence-corrected chi connectivity index (χ4v) is 5.30. The highest BCUT2D eigenvalue weighted by Gasteiger charge is 2.31. The van der Waals surface area contributed by atoms with Crippen molar-refractivity contribution in [3.8, 4) is 5.75 Å². The number of urea groups is 1. The van der Waals surface area contributed by atoms with Gasteiger partial charge in [-0.05, 0) is 29.8 Å². The molecular formula is C22H24N4O4S. The van der Waals surface area contributed by atoms with Crippen molar-refractivity contribution in [1.29, 1.82) is 0 Å². The second-order valence-electron chi connectivity index (χ2n) is 7.25. The van der Waals surface area contributed by atoms with Gasteiger partial charge in [-0.2, -0.15) is 4.31 Å². The molecule has 0 radical (unpaired) electrons. The summed E-state index contributed by atoms with van der Waals surface area (Å²) in [6, 6.07) is 14.2. The first kappa shape index (κ1) is 21.1. The van der Waals surface area contributed by atoms with Crippen LogP contribution in [0.1, 0.15) is 5.56 Å². The predicted molar refractivity (Wildman–Crippen MR) is 117 cm³/mol. The number of carbonyl (C=O) groups is 1. The van der Waals surface area contributed by atoms with Crippen LogP contribution in [-0.4, -0.2) is 61.9 Å². The molecule has 0 unspecified atom stereocenters. The van der Waals surface area contributed by atoms with Crippen LogP contribution >= 0.6 is 0 Å². The van der Waals surface area contributed by atoms with Crippen molar-refractivity contribution in [2.75, 3.05) is 33.3 Å². The number of pyridine rings is 1. The first-order valence-electron chi connectivity index (χ1n) is 9.97. The van der Waals surface area contributed by atoms with Gasteiger partial charge < -0.3 is 15.0 Å². The molecule has 0 aliphatic carbocycles. The molecule has 31 heavy (non-hydrogen) atoms. The molecule has 1 N–H and O–H groups in total. The van der Waals surface area contributed by atoms with Crippen LogP contribution in [0, 0.1) is 0 Å². The lowest BCUT2D eigenvalue weighted by molar-refractivity contribution is 0.172. The number of ether oxygens (including phenoxy) is 1. The maximum absolute atomic E-state index is 13.2. The zero-order valence-electron chi connectivity index (χ0n) is 17.2. The molecule has 2 heterocycles. The number of benzene rings is 2. The molecule has 2 amide bonds. The van der Waals surface area contributed by atoms with E-state index in [1.807, 2.05) is 30.3 Å². The zero-order valence-corrected chi connectivity index (χ0v) is 18.0. The van der Waals surface area contributed by atoms with Gasteiger partial charge in [0.15, 0.2) is 0 Å². The first-order chi connectivity index (χ1) is 15.0. The highest BCUT2D eigenvalue weighted by molar-refractivity contribution is 7.89. The van der Waals surface area contributed by atoms with E-state index in [9.17, 15) is 13.2 Å². The van der Waals surface area contributed by atoms with Gasteiger partial charge in [-0.1, -0.05) is 24.3 Å². The molecule has 0 spiro atoms. The van der Waals surface area contributed by atoms with Gasteiger partial charge in [0.1, 0.15) is 5.75 Å². The summed E-state index contributed by atoms with van der Waals surface area (Å²) in [4.78, 5) is 18.5. The molecule has 4 rings (SSSR count). The molecule has 3 aromatic rings. The lowest BCUT2D eigenvalue weighted by atomic mass is 10.2. The molecule has 1 saturated heterocycles. The van der Waals surface area contributed by atoms with Crippen molar-refractivity contribution in [2.45, 2.75) is 11.4 Å². The minimum absolute atomic E-state index is 0.212. The predicted octanol–water partition coefficient (Wildman–Crippen LogP) is 2.46. The van der Waals surface area contributed by atoms with Gasteiger partial charge >= 0.3 is 6.03 Å². The van der Waals surface area contributed by atoms with Crippen molar-refractivity contribution >= 4 is 26.8 Å². The third-order valence-corrected chi connectivity index (χ3v) is 7.32. The number of hydrogen-bond donors (Lipinski definition) is 1. The van der Waals surface area contributed by atoms with Crippen molar-refractivity contribution in [3.05, 3.63) is 66.5 Å². The Balaban J connectivity index is 1.39. The van der Waals surface area contributed by atoms with Gasteiger partial charge in [-0.15, -0.1) is 0 Å². The largest absolute Gasteiger partial charge is 0.497 e. The van der Waals surface area contributed by atoms with E-state index in [-0.39, 0.29) is 24.0 Å². The molecule has 8 nitrogen and oxygen atoms in total. The van der Waals surface area contributed by atoms with Gasteiger partial charge in [0.05, 0.1) is 12.0 Å². The molecule has 1 aliphatic heterocycles. The fraction of sp³-hybridized carbons (Fsp3) is 0.273. The van der Waals surface area contributed by atoms with Crippen molar-refractivity contribution < 1.29 is 17.9 Å². The number of hydrogen-bond acceptors (Lipinski definition) is 5. The third kappa shape index (κ3) is 4.47. The molecule has 1 aromatic heterocycles. The van der Waals surface area contributed by atoms with E-state index in [1.54, 1.807) is 42.6 Å². The number of nitrogens with one attached hydrogen (secondary N) is 1. The molecule has 0 atom stereocenters. The normalized spacial score (nSPS) is 15.1. The standard InChI is InChI=1S/C22H24N4O4S/c1-30-19-6-2-4-17(14-19)15-24-22(27)25-10-12-26(13-11-25)31(28,29)21-7-3-5-18-16-23-9-8-20(18)21/h2-9,14,16H,10-13,15H2,1H3,(H,24,27). The Morgan fingerprint density at radius 1 is 1.10 bits per heavy atom. The number of piperazine rings is 1. The summed E-state index contributed by atoms with van der Waals surface area (Å²) in [5.41, 5.74) is 0.930. The van der Waals surface area contributed by atoms with E-state index in [1.165, 1.54) is 4.31 Å². The van der Waals surface area contributed by atoms with E-state index >= 15 is 0 Å². The average Bonchev–Trinajstić information content (AvgIpc) is 2.82. The Hall–Kier alpha value is -3.17. The highest BCUT2D eigenvalue weighted by Crippen LogP contribution is 2.26.